The Balaban J connectivity index is 2.31. The minimum atomic E-state index is -0.564. The third kappa shape index (κ3) is 3.74. The summed E-state index contributed by atoms with van der Waals surface area (Å²) in [4.78, 5) is 23.0. The molecule has 0 saturated carbocycles. The number of carbonyl (C=O) groups excluding carboxylic acids is 1. The first-order chi connectivity index (χ1) is 11.8. The zero-order chi connectivity index (χ0) is 18.7. The van der Waals surface area contributed by atoms with E-state index in [9.17, 15) is 14.9 Å². The number of hydrogen-bond acceptors (Lipinski definition) is 5. The maximum atomic E-state index is 12.7. The summed E-state index contributed by atoms with van der Waals surface area (Å²) in [5.41, 5.74) is 1.59. The van der Waals surface area contributed by atoms with Gasteiger partial charge in [-0.15, -0.1) is 0 Å². The molecule has 0 spiro atoms. The van der Waals surface area contributed by atoms with Gasteiger partial charge in [0.05, 0.1) is 40.2 Å². The third-order valence-corrected chi connectivity index (χ3v) is 4.42. The van der Waals surface area contributed by atoms with Gasteiger partial charge >= 0.3 is 0 Å². The molecule has 1 unspecified atom stereocenters. The third-order valence-electron chi connectivity index (χ3n) is 3.88. The van der Waals surface area contributed by atoms with Gasteiger partial charge in [-0.05, 0) is 26.3 Å². The SMILES string of the molecule is CCC(C(=O)Nc1ccc([N+](=O)[O-])cc1OC)n1nc(C)c(Cl)c1C. The quantitative estimate of drug-likeness (QED) is 0.621. The highest BCUT2D eigenvalue weighted by molar-refractivity contribution is 6.31. The Bertz CT molecular complexity index is 819. The number of ether oxygens (including phenoxy) is 1. The molecule has 1 amide bonds. The molecule has 1 heterocycles. The molecule has 0 fully saturated rings. The lowest BCUT2D eigenvalue weighted by molar-refractivity contribution is -0.384. The number of nitro benzene ring substituents is 1. The molecular formula is C16H19ClN4O4. The Hall–Kier alpha value is -2.61. The molecule has 0 aliphatic rings. The molecule has 9 heteroatoms. The van der Waals surface area contributed by atoms with E-state index in [0.717, 1.165) is 0 Å². The van der Waals surface area contributed by atoms with E-state index in [1.54, 1.807) is 18.5 Å². The second-order valence-electron chi connectivity index (χ2n) is 5.48. The van der Waals surface area contributed by atoms with E-state index in [1.807, 2.05) is 6.92 Å². The molecule has 2 rings (SSSR count). The predicted molar refractivity (Wildman–Crippen MR) is 94.3 cm³/mol. The Morgan fingerprint density at radius 2 is 2.16 bits per heavy atom. The first kappa shape index (κ1) is 18.7. The van der Waals surface area contributed by atoms with Gasteiger partial charge in [-0.25, -0.2) is 0 Å². The number of amides is 1. The largest absolute Gasteiger partial charge is 0.494 e. The lowest BCUT2D eigenvalue weighted by Gasteiger charge is -2.18. The molecule has 0 aliphatic carbocycles. The summed E-state index contributed by atoms with van der Waals surface area (Å²) in [7, 11) is 1.38. The van der Waals surface area contributed by atoms with E-state index in [-0.39, 0.29) is 17.3 Å². The number of carbonyl (C=O) groups is 1. The van der Waals surface area contributed by atoms with Crippen molar-refractivity contribution in [1.29, 1.82) is 0 Å². The van der Waals surface area contributed by atoms with Gasteiger partial charge < -0.3 is 10.1 Å². The molecule has 1 aromatic heterocycles. The van der Waals surface area contributed by atoms with Crippen molar-refractivity contribution in [2.45, 2.75) is 33.2 Å². The fourth-order valence-corrected chi connectivity index (χ4v) is 2.65. The molecule has 0 saturated heterocycles. The molecule has 8 nitrogen and oxygen atoms in total. The summed E-state index contributed by atoms with van der Waals surface area (Å²) in [6.45, 7) is 5.43. The first-order valence-corrected chi connectivity index (χ1v) is 8.02. The lowest BCUT2D eigenvalue weighted by atomic mass is 10.2. The number of non-ortho nitro benzene ring substituents is 1. The van der Waals surface area contributed by atoms with Crippen LogP contribution in [0.15, 0.2) is 18.2 Å². The second-order valence-corrected chi connectivity index (χ2v) is 5.86. The number of aromatic nitrogens is 2. The van der Waals surface area contributed by atoms with Crippen LogP contribution in [-0.4, -0.2) is 27.7 Å². The molecule has 0 bridgehead atoms. The number of nitrogens with one attached hydrogen (secondary N) is 1. The number of aryl methyl sites for hydroxylation is 1. The fourth-order valence-electron chi connectivity index (χ4n) is 2.53. The average Bonchev–Trinajstić information content (AvgIpc) is 2.83. The van der Waals surface area contributed by atoms with E-state index >= 15 is 0 Å². The van der Waals surface area contributed by atoms with Crippen molar-refractivity contribution < 1.29 is 14.5 Å². The van der Waals surface area contributed by atoms with Gasteiger partial charge in [-0.1, -0.05) is 18.5 Å². The molecular weight excluding hydrogens is 348 g/mol. The van der Waals surface area contributed by atoms with Crippen molar-refractivity contribution in [2.24, 2.45) is 0 Å². The number of hydrogen-bond donors (Lipinski definition) is 1. The molecule has 2 aromatic rings. The van der Waals surface area contributed by atoms with Crippen LogP contribution in [0.25, 0.3) is 0 Å². The van der Waals surface area contributed by atoms with Gasteiger partial charge in [-0.3, -0.25) is 19.6 Å². The Morgan fingerprint density at radius 3 is 2.64 bits per heavy atom. The van der Waals surface area contributed by atoms with Crippen LogP contribution in [0.5, 0.6) is 5.75 Å². The van der Waals surface area contributed by atoms with E-state index in [0.29, 0.717) is 28.5 Å². The van der Waals surface area contributed by atoms with Crippen LogP contribution < -0.4 is 10.1 Å². The molecule has 0 radical (unpaired) electrons. The van der Waals surface area contributed by atoms with Gasteiger partial charge in [0, 0.05) is 6.07 Å². The van der Waals surface area contributed by atoms with Gasteiger partial charge in [0.2, 0.25) is 5.91 Å². The van der Waals surface area contributed by atoms with Crippen molar-refractivity contribution in [3.05, 3.63) is 44.7 Å². The van der Waals surface area contributed by atoms with Crippen LogP contribution in [-0.2, 0) is 4.79 Å². The average molecular weight is 367 g/mol. The normalized spacial score (nSPS) is 11.9. The minimum Gasteiger partial charge on any atom is -0.494 e. The highest BCUT2D eigenvalue weighted by Crippen LogP contribution is 2.30. The molecule has 0 aliphatic heterocycles. The molecule has 1 atom stereocenters. The molecule has 1 aromatic carbocycles. The van der Waals surface area contributed by atoms with Gasteiger partial charge in [0.15, 0.2) is 0 Å². The topological polar surface area (TPSA) is 99.3 Å². The monoisotopic (exact) mass is 366 g/mol. The second kappa shape index (κ2) is 7.52. The summed E-state index contributed by atoms with van der Waals surface area (Å²) in [5, 5.41) is 18.4. The summed E-state index contributed by atoms with van der Waals surface area (Å²) >= 11 is 6.16. The lowest BCUT2D eigenvalue weighted by Crippen LogP contribution is -2.27. The summed E-state index contributed by atoms with van der Waals surface area (Å²) in [6, 6.07) is 3.44. The van der Waals surface area contributed by atoms with Crippen LogP contribution >= 0.6 is 11.6 Å². The predicted octanol–water partition coefficient (Wildman–Crippen LogP) is 3.66. The van der Waals surface area contributed by atoms with E-state index in [1.165, 1.54) is 25.3 Å². The number of rotatable bonds is 6. The van der Waals surface area contributed by atoms with E-state index in [4.69, 9.17) is 16.3 Å². The zero-order valence-electron chi connectivity index (χ0n) is 14.4. The Kier molecular flexibility index (Phi) is 5.63. The van der Waals surface area contributed by atoms with Crippen molar-refractivity contribution in [3.63, 3.8) is 0 Å². The number of benzene rings is 1. The van der Waals surface area contributed by atoms with E-state index < -0.39 is 11.0 Å². The van der Waals surface area contributed by atoms with Gasteiger partial charge in [0.1, 0.15) is 11.8 Å². The maximum absolute atomic E-state index is 12.7. The number of anilines is 1. The van der Waals surface area contributed by atoms with Gasteiger partial charge in [-0.2, -0.15) is 5.10 Å². The van der Waals surface area contributed by atoms with Crippen LogP contribution in [0.1, 0.15) is 30.8 Å². The summed E-state index contributed by atoms with van der Waals surface area (Å²) < 4.78 is 6.73. The standard InChI is InChI=1S/C16H19ClN4O4/c1-5-13(20-10(3)15(17)9(2)19-20)16(22)18-12-7-6-11(21(23)24)8-14(12)25-4/h6-8,13H,5H2,1-4H3,(H,18,22). The van der Waals surface area contributed by atoms with E-state index in [2.05, 4.69) is 10.4 Å². The molecule has 1 N–H and O–H groups in total. The van der Waals surface area contributed by atoms with Crippen molar-refractivity contribution in [2.75, 3.05) is 12.4 Å². The zero-order valence-corrected chi connectivity index (χ0v) is 15.1. The van der Waals surface area contributed by atoms with Crippen LogP contribution in [0.2, 0.25) is 5.02 Å². The van der Waals surface area contributed by atoms with Crippen LogP contribution in [0.3, 0.4) is 0 Å². The maximum Gasteiger partial charge on any atom is 0.273 e. The minimum absolute atomic E-state index is 0.118. The Morgan fingerprint density at radius 1 is 1.48 bits per heavy atom. The molecule has 25 heavy (non-hydrogen) atoms. The van der Waals surface area contributed by atoms with Crippen molar-refractivity contribution >= 4 is 28.9 Å². The highest BCUT2D eigenvalue weighted by Gasteiger charge is 2.24. The summed E-state index contributed by atoms with van der Waals surface area (Å²) in [6.07, 6.45) is 0.499. The number of halogens is 1. The highest BCUT2D eigenvalue weighted by atomic mass is 35.5. The first-order valence-electron chi connectivity index (χ1n) is 7.64. The fraction of sp³-hybridized carbons (Fsp3) is 0.375. The smallest absolute Gasteiger partial charge is 0.273 e. The summed E-state index contributed by atoms with van der Waals surface area (Å²) in [5.74, 6) is -0.0966. The number of nitro groups is 1. The Labute approximate surface area is 149 Å². The number of methoxy groups -OCH3 is 1. The van der Waals surface area contributed by atoms with Crippen LogP contribution in [0.4, 0.5) is 11.4 Å². The van der Waals surface area contributed by atoms with Crippen molar-refractivity contribution in [1.82, 2.24) is 9.78 Å². The van der Waals surface area contributed by atoms with Crippen LogP contribution in [0, 0.1) is 24.0 Å². The number of nitrogens with zero attached hydrogens (tertiary/aromatic N) is 3. The van der Waals surface area contributed by atoms with Gasteiger partial charge in [0.25, 0.3) is 5.69 Å². The van der Waals surface area contributed by atoms with Crippen molar-refractivity contribution in [3.8, 4) is 5.75 Å². The molecule has 134 valence electrons.